The van der Waals surface area contributed by atoms with Gasteiger partial charge in [0, 0.05) is 44.5 Å². The first-order valence-electron chi connectivity index (χ1n) is 8.22. The zero-order chi connectivity index (χ0) is 15.5. The fourth-order valence-corrected chi connectivity index (χ4v) is 4.38. The number of rotatable bonds is 4. The van der Waals surface area contributed by atoms with E-state index in [-0.39, 0.29) is 5.60 Å². The lowest BCUT2D eigenvalue weighted by Gasteiger charge is -2.31. The van der Waals surface area contributed by atoms with Crippen molar-refractivity contribution in [3.8, 4) is 0 Å². The third kappa shape index (κ3) is 3.66. The highest BCUT2D eigenvalue weighted by Crippen LogP contribution is 2.34. The molecule has 23 heavy (non-hydrogen) atoms. The molecule has 2 aliphatic rings. The Bertz CT molecular complexity index is 601. The molecule has 124 valence electrons. The van der Waals surface area contributed by atoms with Crippen LogP contribution in [0, 0.1) is 5.92 Å². The van der Waals surface area contributed by atoms with Crippen LogP contribution in [-0.4, -0.2) is 53.0 Å². The van der Waals surface area contributed by atoms with Gasteiger partial charge in [0.2, 0.25) is 0 Å². The molecule has 0 radical (unpaired) electrons. The first kappa shape index (κ1) is 15.3. The standard InChI is InChI=1S/C17H23N3O2S/c1-6-23-11-15(1)8-19-4-5-21-13-17(12-19)7-16(10-22-17)9-20-3-2-18-14-20/h1-3,6,11,14,16H,4-5,7-10,12-13H2/t16-,17+/m1/s1. The monoisotopic (exact) mass is 333 g/mol. The maximum absolute atomic E-state index is 6.27. The van der Waals surface area contributed by atoms with Gasteiger partial charge in [-0.1, -0.05) is 0 Å². The van der Waals surface area contributed by atoms with Gasteiger partial charge in [-0.2, -0.15) is 11.3 Å². The summed E-state index contributed by atoms with van der Waals surface area (Å²) in [5.74, 6) is 0.536. The molecule has 2 fully saturated rings. The maximum atomic E-state index is 6.27. The normalized spacial score (nSPS) is 29.1. The van der Waals surface area contributed by atoms with Crippen molar-refractivity contribution in [2.45, 2.75) is 25.1 Å². The van der Waals surface area contributed by atoms with Crippen LogP contribution in [0.25, 0.3) is 0 Å². The summed E-state index contributed by atoms with van der Waals surface area (Å²) in [6.07, 6.45) is 6.81. The molecule has 2 aliphatic heterocycles. The minimum atomic E-state index is -0.141. The quantitative estimate of drug-likeness (QED) is 0.860. The van der Waals surface area contributed by atoms with Gasteiger partial charge < -0.3 is 14.0 Å². The van der Waals surface area contributed by atoms with Gasteiger partial charge in [0.25, 0.3) is 0 Å². The molecule has 4 heterocycles. The fraction of sp³-hybridized carbons (Fsp3) is 0.588. The van der Waals surface area contributed by atoms with Gasteiger partial charge >= 0.3 is 0 Å². The Morgan fingerprint density at radius 1 is 1.43 bits per heavy atom. The van der Waals surface area contributed by atoms with Crippen molar-refractivity contribution in [2.24, 2.45) is 5.92 Å². The summed E-state index contributed by atoms with van der Waals surface area (Å²) in [7, 11) is 0. The van der Waals surface area contributed by atoms with Crippen LogP contribution in [0.1, 0.15) is 12.0 Å². The number of hydrogen-bond donors (Lipinski definition) is 0. The predicted molar refractivity (Wildman–Crippen MR) is 89.4 cm³/mol. The first-order chi connectivity index (χ1) is 11.3. The Kier molecular flexibility index (Phi) is 4.48. The molecule has 2 saturated heterocycles. The molecule has 5 nitrogen and oxygen atoms in total. The topological polar surface area (TPSA) is 39.5 Å². The molecule has 4 rings (SSSR count). The third-order valence-electron chi connectivity index (χ3n) is 4.73. The molecule has 0 N–H and O–H groups in total. The zero-order valence-electron chi connectivity index (χ0n) is 13.3. The summed E-state index contributed by atoms with van der Waals surface area (Å²) in [6, 6.07) is 2.21. The van der Waals surface area contributed by atoms with Crippen LogP contribution in [0.3, 0.4) is 0 Å². The van der Waals surface area contributed by atoms with Gasteiger partial charge in [0.05, 0.1) is 26.1 Å². The molecule has 0 saturated carbocycles. The van der Waals surface area contributed by atoms with Crippen LogP contribution < -0.4 is 0 Å². The second-order valence-corrected chi connectivity index (χ2v) is 7.50. The van der Waals surface area contributed by atoms with E-state index < -0.39 is 0 Å². The van der Waals surface area contributed by atoms with Crippen LogP contribution in [0.5, 0.6) is 0 Å². The van der Waals surface area contributed by atoms with Crippen molar-refractivity contribution < 1.29 is 9.47 Å². The molecule has 2 aromatic rings. The fourth-order valence-electron chi connectivity index (χ4n) is 3.72. The van der Waals surface area contributed by atoms with Gasteiger partial charge in [-0.15, -0.1) is 0 Å². The lowest BCUT2D eigenvalue weighted by Crippen LogP contribution is -2.43. The number of nitrogens with zero attached hydrogens (tertiary/aromatic N) is 3. The minimum Gasteiger partial charge on any atom is -0.377 e. The molecule has 0 aromatic carbocycles. The highest BCUT2D eigenvalue weighted by Gasteiger charge is 2.43. The lowest BCUT2D eigenvalue weighted by molar-refractivity contribution is -0.0563. The van der Waals surface area contributed by atoms with Gasteiger partial charge in [-0.25, -0.2) is 4.98 Å². The maximum Gasteiger partial charge on any atom is 0.104 e. The molecule has 6 heteroatoms. The minimum absolute atomic E-state index is 0.141. The lowest BCUT2D eigenvalue weighted by atomic mass is 9.94. The van der Waals surface area contributed by atoms with Gasteiger partial charge in [-0.3, -0.25) is 4.90 Å². The van der Waals surface area contributed by atoms with E-state index in [9.17, 15) is 0 Å². The van der Waals surface area contributed by atoms with Crippen LogP contribution in [-0.2, 0) is 22.6 Å². The van der Waals surface area contributed by atoms with Crippen molar-refractivity contribution in [1.29, 1.82) is 0 Å². The van der Waals surface area contributed by atoms with E-state index in [0.29, 0.717) is 12.5 Å². The molecule has 2 aromatic heterocycles. The van der Waals surface area contributed by atoms with Crippen molar-refractivity contribution in [3.63, 3.8) is 0 Å². The van der Waals surface area contributed by atoms with Gasteiger partial charge in [0.1, 0.15) is 5.60 Å². The van der Waals surface area contributed by atoms with E-state index in [1.807, 2.05) is 18.7 Å². The van der Waals surface area contributed by atoms with Crippen LogP contribution in [0.2, 0.25) is 0 Å². The van der Waals surface area contributed by atoms with Crippen molar-refractivity contribution >= 4 is 11.3 Å². The Morgan fingerprint density at radius 3 is 3.26 bits per heavy atom. The molecule has 0 unspecified atom stereocenters. The zero-order valence-corrected chi connectivity index (χ0v) is 14.1. The van der Waals surface area contributed by atoms with Crippen molar-refractivity contribution in [3.05, 3.63) is 41.1 Å². The molecule has 0 aliphatic carbocycles. The number of aromatic nitrogens is 2. The van der Waals surface area contributed by atoms with E-state index in [1.165, 1.54) is 5.56 Å². The Morgan fingerprint density at radius 2 is 2.43 bits per heavy atom. The first-order valence-corrected chi connectivity index (χ1v) is 9.17. The third-order valence-corrected chi connectivity index (χ3v) is 5.46. The second-order valence-electron chi connectivity index (χ2n) is 6.72. The summed E-state index contributed by atoms with van der Waals surface area (Å²) >= 11 is 1.76. The molecule has 0 amide bonds. The number of imidazole rings is 1. The molecular weight excluding hydrogens is 310 g/mol. The van der Waals surface area contributed by atoms with Crippen LogP contribution in [0.15, 0.2) is 35.5 Å². The predicted octanol–water partition coefficient (Wildman–Crippen LogP) is 2.25. The summed E-state index contributed by atoms with van der Waals surface area (Å²) < 4.78 is 14.3. The van der Waals surface area contributed by atoms with E-state index in [0.717, 1.165) is 45.8 Å². The number of ether oxygens (including phenoxy) is 2. The Balaban J connectivity index is 1.40. The van der Waals surface area contributed by atoms with E-state index >= 15 is 0 Å². The summed E-state index contributed by atoms with van der Waals surface area (Å²) in [6.45, 7) is 6.23. The van der Waals surface area contributed by atoms with Crippen LogP contribution in [0.4, 0.5) is 0 Å². The molecular formula is C17H23N3O2S. The summed E-state index contributed by atoms with van der Waals surface area (Å²) in [4.78, 5) is 6.61. The van der Waals surface area contributed by atoms with Crippen molar-refractivity contribution in [1.82, 2.24) is 14.5 Å². The average molecular weight is 333 g/mol. The second kappa shape index (κ2) is 6.73. The summed E-state index contributed by atoms with van der Waals surface area (Å²) in [5.41, 5.74) is 1.25. The van der Waals surface area contributed by atoms with E-state index in [4.69, 9.17) is 9.47 Å². The average Bonchev–Trinajstić information content (AvgIpc) is 3.25. The molecule has 2 atom stereocenters. The highest BCUT2D eigenvalue weighted by atomic mass is 32.1. The van der Waals surface area contributed by atoms with Crippen molar-refractivity contribution in [2.75, 3.05) is 32.9 Å². The largest absolute Gasteiger partial charge is 0.377 e. The Hall–Kier alpha value is -1.21. The van der Waals surface area contributed by atoms with Crippen LogP contribution >= 0.6 is 11.3 Å². The van der Waals surface area contributed by atoms with E-state index in [1.54, 1.807) is 11.3 Å². The van der Waals surface area contributed by atoms with E-state index in [2.05, 4.69) is 31.3 Å². The smallest absolute Gasteiger partial charge is 0.104 e. The SMILES string of the molecule is c1cn(C[C@@H]2CO[C@@]3(COCCN(Cc4ccsc4)C3)C2)cn1. The molecule has 1 spiro atoms. The molecule has 0 bridgehead atoms. The van der Waals surface area contributed by atoms with Gasteiger partial charge in [-0.05, 0) is 28.8 Å². The highest BCUT2D eigenvalue weighted by molar-refractivity contribution is 7.07. The number of hydrogen-bond acceptors (Lipinski definition) is 5. The Labute approximate surface area is 140 Å². The van der Waals surface area contributed by atoms with Gasteiger partial charge in [0.15, 0.2) is 0 Å². The number of thiophene rings is 1. The summed E-state index contributed by atoms with van der Waals surface area (Å²) in [5, 5.41) is 4.38.